The predicted octanol–water partition coefficient (Wildman–Crippen LogP) is 1.18. The van der Waals surface area contributed by atoms with Crippen LogP contribution in [-0.2, 0) is 19.1 Å². The smallest absolute Gasteiger partial charge is 0.408 e. The van der Waals surface area contributed by atoms with Crippen LogP contribution < -0.4 is 10.6 Å². The van der Waals surface area contributed by atoms with Gasteiger partial charge in [0.15, 0.2) is 0 Å². The molecule has 2 heterocycles. The predicted molar refractivity (Wildman–Crippen MR) is 116 cm³/mol. The minimum atomic E-state index is -1.20. The van der Waals surface area contributed by atoms with Crippen molar-refractivity contribution in [2.24, 2.45) is 0 Å². The first-order chi connectivity index (χ1) is 14.9. The number of rotatable bonds is 5. The largest absolute Gasteiger partial charge is 0.465 e. The number of ether oxygens (including phenoxy) is 1. The number of carboxylic acid groups (broad SMARTS) is 1. The molecule has 11 nitrogen and oxygen atoms in total. The molecule has 0 aliphatic carbocycles. The Balaban J connectivity index is 2.19. The summed E-state index contributed by atoms with van der Waals surface area (Å²) in [5.41, 5.74) is -0.817. The van der Waals surface area contributed by atoms with Crippen molar-refractivity contribution in [1.82, 2.24) is 20.1 Å². The monoisotopic (exact) mass is 469 g/mol. The van der Waals surface area contributed by atoms with Crippen LogP contribution in [0.5, 0.6) is 0 Å². The van der Waals surface area contributed by atoms with E-state index in [1.54, 1.807) is 20.8 Å². The van der Waals surface area contributed by atoms with Gasteiger partial charge in [-0.15, -0.1) is 0 Å². The lowest BCUT2D eigenvalue weighted by molar-refractivity contribution is -0.140. The van der Waals surface area contributed by atoms with Crippen LogP contribution in [0.4, 0.5) is 10.6 Å². The third-order valence-corrected chi connectivity index (χ3v) is 5.18. The van der Waals surface area contributed by atoms with E-state index in [1.165, 1.54) is 35.2 Å². The normalized spacial score (nSPS) is 18.6. The van der Waals surface area contributed by atoms with Crippen molar-refractivity contribution in [3.05, 3.63) is 23.4 Å². The van der Waals surface area contributed by atoms with E-state index in [-0.39, 0.29) is 37.8 Å². The number of nitrogens with zero attached hydrogens (tertiary/aromatic N) is 3. The van der Waals surface area contributed by atoms with Gasteiger partial charge in [0.05, 0.1) is 17.1 Å². The average Bonchev–Trinajstić information content (AvgIpc) is 2.69. The molecular weight excluding hydrogens is 442 g/mol. The Morgan fingerprint density at radius 2 is 1.97 bits per heavy atom. The van der Waals surface area contributed by atoms with Gasteiger partial charge in [-0.05, 0) is 39.3 Å². The fraction of sp³-hybridized carbons (Fsp3) is 0.550. The van der Waals surface area contributed by atoms with Gasteiger partial charge in [-0.2, -0.15) is 0 Å². The maximum Gasteiger partial charge on any atom is 0.408 e. The first kappa shape index (κ1) is 25.3. The molecular formula is C20H28ClN5O6. The summed E-state index contributed by atoms with van der Waals surface area (Å²) >= 11 is 5.76. The highest BCUT2D eigenvalue weighted by Crippen LogP contribution is 2.25. The fourth-order valence-corrected chi connectivity index (χ4v) is 3.70. The zero-order chi connectivity index (χ0) is 24.1. The van der Waals surface area contributed by atoms with Gasteiger partial charge < -0.3 is 25.4 Å². The van der Waals surface area contributed by atoms with E-state index in [0.717, 1.165) is 0 Å². The number of halogens is 1. The molecule has 1 fully saturated rings. The summed E-state index contributed by atoms with van der Waals surface area (Å²) < 4.78 is 4.90. The van der Waals surface area contributed by atoms with Crippen LogP contribution in [0, 0.1) is 0 Å². The van der Waals surface area contributed by atoms with Gasteiger partial charge in [-0.3, -0.25) is 19.3 Å². The number of pyridine rings is 1. The highest BCUT2D eigenvalue weighted by molar-refractivity contribution is 6.39. The maximum absolute atomic E-state index is 12.5. The Morgan fingerprint density at radius 3 is 2.50 bits per heavy atom. The van der Waals surface area contributed by atoms with E-state index < -0.39 is 35.5 Å². The molecule has 1 aromatic rings. The van der Waals surface area contributed by atoms with Crippen LogP contribution in [0.2, 0.25) is 5.02 Å². The van der Waals surface area contributed by atoms with Gasteiger partial charge in [-0.1, -0.05) is 11.6 Å². The van der Waals surface area contributed by atoms with E-state index in [1.807, 2.05) is 0 Å². The second-order valence-electron chi connectivity index (χ2n) is 8.35. The van der Waals surface area contributed by atoms with E-state index in [0.29, 0.717) is 5.02 Å². The number of amides is 4. The molecule has 176 valence electrons. The number of likely N-dealkylation sites (tertiary alicyclic amines) is 1. The fourth-order valence-electron chi connectivity index (χ4n) is 3.59. The molecule has 1 saturated heterocycles. The molecule has 0 spiro atoms. The lowest BCUT2D eigenvalue weighted by Crippen LogP contribution is -2.66. The quantitative estimate of drug-likeness (QED) is 0.550. The van der Waals surface area contributed by atoms with Crippen LogP contribution >= 0.6 is 11.6 Å². The third-order valence-electron chi connectivity index (χ3n) is 4.95. The molecule has 2 atom stereocenters. The molecule has 0 radical (unpaired) electrons. The Kier molecular flexibility index (Phi) is 8.39. The summed E-state index contributed by atoms with van der Waals surface area (Å²) in [6, 6.07) is 1.50. The second kappa shape index (κ2) is 10.6. The molecule has 1 aliphatic rings. The minimum absolute atomic E-state index is 0.0526. The molecule has 3 N–H and O–H groups in total. The number of hydrogen-bond acceptors (Lipinski definition) is 6. The molecule has 12 heteroatoms. The Hall–Kier alpha value is -2.92. The summed E-state index contributed by atoms with van der Waals surface area (Å²) in [6.07, 6.45) is 0.391. The molecule has 0 saturated carbocycles. The van der Waals surface area contributed by atoms with Gasteiger partial charge in [0.2, 0.25) is 5.91 Å². The molecule has 0 bridgehead atoms. The van der Waals surface area contributed by atoms with Gasteiger partial charge in [0.1, 0.15) is 12.4 Å². The maximum atomic E-state index is 12.5. The number of carbonyl (C=O) groups is 4. The highest BCUT2D eigenvalue weighted by Gasteiger charge is 2.43. The standard InChI is InChI=1S/C20H28ClN5O6/c1-20(2,3)26(19(30)31)14-10-25(16(27)11-32-4)8-7-13(14)23-17(28)18(29)24-15-6-5-12(21)9-22-15/h5-6,9,13-14H,7-8,10-11H2,1-4H3,(H,23,28)(H,30,31)(H,22,24,29)/t13-,14+/m0/s1. The SMILES string of the molecule is COCC(=O)N1CC[C@H](NC(=O)C(=O)Nc2ccc(Cl)cn2)[C@H](N(C(=O)O)C(C)(C)C)C1. The first-order valence-corrected chi connectivity index (χ1v) is 10.3. The molecule has 4 amide bonds. The van der Waals surface area contributed by atoms with E-state index in [4.69, 9.17) is 16.3 Å². The van der Waals surface area contributed by atoms with E-state index in [9.17, 15) is 24.3 Å². The summed E-state index contributed by atoms with van der Waals surface area (Å²) in [5.74, 6) is -2.03. The first-order valence-electron chi connectivity index (χ1n) is 9.96. The summed E-state index contributed by atoms with van der Waals surface area (Å²) in [5, 5.41) is 15.2. The highest BCUT2D eigenvalue weighted by atomic mass is 35.5. The Labute approximate surface area is 191 Å². The van der Waals surface area contributed by atoms with Crippen LogP contribution in [0.3, 0.4) is 0 Å². The van der Waals surface area contributed by atoms with Crippen molar-refractivity contribution < 1.29 is 29.0 Å². The number of anilines is 1. The zero-order valence-electron chi connectivity index (χ0n) is 18.4. The van der Waals surface area contributed by atoms with Gasteiger partial charge >= 0.3 is 17.9 Å². The Bertz CT molecular complexity index is 857. The van der Waals surface area contributed by atoms with E-state index >= 15 is 0 Å². The Morgan fingerprint density at radius 1 is 1.28 bits per heavy atom. The average molecular weight is 470 g/mol. The summed E-state index contributed by atoms with van der Waals surface area (Å²) in [4.78, 5) is 55.9. The molecule has 1 aromatic heterocycles. The van der Waals surface area contributed by atoms with Gasteiger partial charge in [-0.25, -0.2) is 9.78 Å². The lowest BCUT2D eigenvalue weighted by Gasteiger charge is -2.47. The second-order valence-corrected chi connectivity index (χ2v) is 8.78. The topological polar surface area (TPSA) is 141 Å². The lowest BCUT2D eigenvalue weighted by atomic mass is 9.93. The molecule has 2 rings (SSSR count). The van der Waals surface area contributed by atoms with Crippen molar-refractivity contribution in [1.29, 1.82) is 0 Å². The van der Waals surface area contributed by atoms with Gasteiger partial charge in [0, 0.05) is 31.9 Å². The molecule has 1 aliphatic heterocycles. The molecule has 32 heavy (non-hydrogen) atoms. The van der Waals surface area contributed by atoms with Crippen LogP contribution in [0.15, 0.2) is 18.3 Å². The van der Waals surface area contributed by atoms with Gasteiger partial charge in [0.25, 0.3) is 0 Å². The van der Waals surface area contributed by atoms with Crippen molar-refractivity contribution in [2.45, 2.75) is 44.8 Å². The van der Waals surface area contributed by atoms with Crippen molar-refractivity contribution in [3.8, 4) is 0 Å². The summed E-state index contributed by atoms with van der Waals surface area (Å²) in [6.45, 7) is 5.35. The number of aromatic nitrogens is 1. The number of nitrogens with one attached hydrogen (secondary N) is 2. The minimum Gasteiger partial charge on any atom is -0.465 e. The summed E-state index contributed by atoms with van der Waals surface area (Å²) in [7, 11) is 1.40. The van der Waals surface area contributed by atoms with Crippen molar-refractivity contribution in [3.63, 3.8) is 0 Å². The number of hydrogen-bond donors (Lipinski definition) is 3. The molecule has 0 unspecified atom stereocenters. The van der Waals surface area contributed by atoms with Crippen LogP contribution in [0.25, 0.3) is 0 Å². The number of carbonyl (C=O) groups excluding carboxylic acids is 3. The number of methoxy groups -OCH3 is 1. The van der Waals surface area contributed by atoms with E-state index in [2.05, 4.69) is 15.6 Å². The zero-order valence-corrected chi connectivity index (χ0v) is 19.2. The van der Waals surface area contributed by atoms with Crippen LogP contribution in [-0.4, -0.2) is 88.1 Å². The number of piperidine rings is 1. The third kappa shape index (κ3) is 6.54. The molecule has 0 aromatic carbocycles. The van der Waals surface area contributed by atoms with Crippen LogP contribution in [0.1, 0.15) is 27.2 Å². The van der Waals surface area contributed by atoms with Crippen molar-refractivity contribution in [2.75, 3.05) is 32.1 Å². The van der Waals surface area contributed by atoms with Crippen molar-refractivity contribution >= 4 is 41.2 Å².